The zero-order valence-electron chi connectivity index (χ0n) is 15.0. The first-order valence-electron chi connectivity index (χ1n) is 8.28. The summed E-state index contributed by atoms with van der Waals surface area (Å²) >= 11 is 0. The van der Waals surface area contributed by atoms with Crippen LogP contribution in [-0.4, -0.2) is 46.6 Å². The third-order valence-electron chi connectivity index (χ3n) is 4.93. The first-order valence-corrected chi connectivity index (χ1v) is 8.28. The second-order valence-electron chi connectivity index (χ2n) is 7.86. The summed E-state index contributed by atoms with van der Waals surface area (Å²) in [6.07, 6.45) is 4.80. The average molecular weight is 322 g/mol. The van der Waals surface area contributed by atoms with Crippen LogP contribution >= 0.6 is 0 Å². The normalized spacial score (nSPS) is 28.4. The summed E-state index contributed by atoms with van der Waals surface area (Å²) in [6.45, 7) is 13.5. The van der Waals surface area contributed by atoms with Crippen molar-refractivity contribution in [1.29, 1.82) is 0 Å². The van der Waals surface area contributed by atoms with Gasteiger partial charge in [0.1, 0.15) is 0 Å². The molecule has 0 radical (unpaired) electrons. The molecular formula is C16H27BN2O4. The molecule has 1 aromatic heterocycles. The largest absolute Gasteiger partial charge is 0.498 e. The van der Waals surface area contributed by atoms with Gasteiger partial charge in [-0.15, -0.1) is 0 Å². The monoisotopic (exact) mass is 322 g/mol. The maximum Gasteiger partial charge on any atom is 0.498 e. The van der Waals surface area contributed by atoms with E-state index in [9.17, 15) is 0 Å². The SMILES string of the molecule is CC1(C)OCC(CCn2cc(B3OC(C)(C)C(C)(C)O3)cn2)O1. The van der Waals surface area contributed by atoms with Crippen molar-refractivity contribution < 1.29 is 18.8 Å². The fourth-order valence-corrected chi connectivity index (χ4v) is 2.78. The highest BCUT2D eigenvalue weighted by atomic mass is 16.7. The van der Waals surface area contributed by atoms with Crippen LogP contribution in [0.15, 0.2) is 12.4 Å². The molecule has 3 rings (SSSR count). The van der Waals surface area contributed by atoms with E-state index in [4.69, 9.17) is 18.8 Å². The average Bonchev–Trinajstić information content (AvgIpc) is 3.05. The van der Waals surface area contributed by atoms with Crippen molar-refractivity contribution >= 4 is 12.6 Å². The van der Waals surface area contributed by atoms with Crippen LogP contribution < -0.4 is 5.46 Å². The van der Waals surface area contributed by atoms with Gasteiger partial charge < -0.3 is 18.8 Å². The molecule has 7 heteroatoms. The van der Waals surface area contributed by atoms with Crippen LogP contribution in [0.1, 0.15) is 48.0 Å². The Bertz CT molecular complexity index is 554. The molecule has 23 heavy (non-hydrogen) atoms. The van der Waals surface area contributed by atoms with Crippen molar-refractivity contribution in [2.75, 3.05) is 6.61 Å². The fourth-order valence-electron chi connectivity index (χ4n) is 2.78. The number of hydrogen-bond acceptors (Lipinski definition) is 5. The van der Waals surface area contributed by atoms with Crippen molar-refractivity contribution in [3.8, 4) is 0 Å². The molecule has 0 bridgehead atoms. The molecule has 1 atom stereocenters. The van der Waals surface area contributed by atoms with Gasteiger partial charge in [-0.1, -0.05) is 0 Å². The van der Waals surface area contributed by atoms with E-state index in [1.54, 1.807) is 0 Å². The zero-order chi connectivity index (χ0) is 16.9. The summed E-state index contributed by atoms with van der Waals surface area (Å²) in [6, 6.07) is 0. The highest BCUT2D eigenvalue weighted by Crippen LogP contribution is 2.36. The standard InChI is InChI=1S/C16H27BN2O4/c1-14(2)15(3,4)23-17(22-14)12-9-18-19(10-12)8-7-13-11-20-16(5,6)21-13/h9-10,13H,7-8,11H2,1-6H3. The summed E-state index contributed by atoms with van der Waals surface area (Å²) in [5.74, 6) is -0.470. The van der Waals surface area contributed by atoms with Crippen LogP contribution in [0.3, 0.4) is 0 Å². The maximum absolute atomic E-state index is 6.05. The first kappa shape index (κ1) is 17.0. The van der Waals surface area contributed by atoms with Crippen molar-refractivity contribution in [3.05, 3.63) is 12.4 Å². The Hall–Kier alpha value is -0.885. The predicted octanol–water partition coefficient (Wildman–Crippen LogP) is 1.72. The molecule has 0 amide bonds. The summed E-state index contributed by atoms with van der Waals surface area (Å²) in [4.78, 5) is 0. The second kappa shape index (κ2) is 5.58. The minimum absolute atomic E-state index is 0.120. The summed E-state index contributed by atoms with van der Waals surface area (Å²) in [7, 11) is -0.362. The Morgan fingerprint density at radius 2 is 1.83 bits per heavy atom. The molecule has 0 spiro atoms. The molecule has 0 aliphatic carbocycles. The summed E-state index contributed by atoms with van der Waals surface area (Å²) in [5, 5.41) is 4.41. The zero-order valence-corrected chi connectivity index (χ0v) is 15.0. The Morgan fingerprint density at radius 1 is 1.17 bits per heavy atom. The van der Waals surface area contributed by atoms with E-state index in [-0.39, 0.29) is 24.4 Å². The van der Waals surface area contributed by atoms with Gasteiger partial charge in [-0.05, 0) is 48.0 Å². The van der Waals surface area contributed by atoms with Gasteiger partial charge in [-0.2, -0.15) is 5.10 Å². The molecule has 3 heterocycles. The number of hydrogen-bond donors (Lipinski definition) is 0. The van der Waals surface area contributed by atoms with Gasteiger partial charge in [0.25, 0.3) is 0 Å². The first-order chi connectivity index (χ1) is 10.6. The predicted molar refractivity (Wildman–Crippen MR) is 87.5 cm³/mol. The Labute approximate surface area is 138 Å². The lowest BCUT2D eigenvalue weighted by atomic mass is 9.82. The van der Waals surface area contributed by atoms with E-state index in [1.807, 2.05) is 30.9 Å². The van der Waals surface area contributed by atoms with Gasteiger partial charge in [0, 0.05) is 24.4 Å². The quantitative estimate of drug-likeness (QED) is 0.790. The second-order valence-corrected chi connectivity index (χ2v) is 7.86. The summed E-state index contributed by atoms with van der Waals surface area (Å²) in [5.41, 5.74) is 0.286. The number of rotatable bonds is 4. The molecule has 0 aromatic carbocycles. The molecule has 2 aliphatic rings. The van der Waals surface area contributed by atoms with E-state index in [2.05, 4.69) is 32.8 Å². The molecule has 6 nitrogen and oxygen atoms in total. The van der Waals surface area contributed by atoms with Gasteiger partial charge in [-0.3, -0.25) is 4.68 Å². The molecule has 0 N–H and O–H groups in total. The molecule has 128 valence electrons. The van der Waals surface area contributed by atoms with Crippen molar-refractivity contribution in [3.63, 3.8) is 0 Å². The number of aromatic nitrogens is 2. The highest BCUT2D eigenvalue weighted by molar-refractivity contribution is 6.61. The highest BCUT2D eigenvalue weighted by Gasteiger charge is 2.52. The molecule has 0 saturated carbocycles. The smallest absolute Gasteiger partial charge is 0.399 e. The molecule has 1 unspecified atom stereocenters. The minimum Gasteiger partial charge on any atom is -0.399 e. The lowest BCUT2D eigenvalue weighted by Crippen LogP contribution is -2.41. The van der Waals surface area contributed by atoms with Gasteiger partial charge in [0.2, 0.25) is 0 Å². The van der Waals surface area contributed by atoms with E-state index in [0.717, 1.165) is 18.4 Å². The van der Waals surface area contributed by atoms with Crippen LogP contribution in [0.5, 0.6) is 0 Å². The molecular weight excluding hydrogens is 295 g/mol. The van der Waals surface area contributed by atoms with Gasteiger partial charge in [0.05, 0.1) is 23.9 Å². The van der Waals surface area contributed by atoms with E-state index < -0.39 is 5.79 Å². The topological polar surface area (TPSA) is 54.7 Å². The Morgan fingerprint density at radius 3 is 2.39 bits per heavy atom. The third kappa shape index (κ3) is 3.48. The number of aryl methyl sites for hydroxylation is 1. The van der Waals surface area contributed by atoms with Gasteiger partial charge in [-0.25, -0.2) is 0 Å². The molecule has 2 aliphatic heterocycles. The Balaban J connectivity index is 1.57. The van der Waals surface area contributed by atoms with Gasteiger partial charge in [0.15, 0.2) is 5.79 Å². The number of ether oxygens (including phenoxy) is 2. The Kier molecular flexibility index (Phi) is 4.12. The molecule has 2 fully saturated rings. The van der Waals surface area contributed by atoms with E-state index in [0.29, 0.717) is 6.61 Å². The lowest BCUT2D eigenvalue weighted by molar-refractivity contribution is -0.139. The third-order valence-corrected chi connectivity index (χ3v) is 4.93. The minimum atomic E-state index is -0.470. The maximum atomic E-state index is 6.05. The van der Waals surface area contributed by atoms with Crippen molar-refractivity contribution in [2.24, 2.45) is 0 Å². The van der Waals surface area contributed by atoms with Crippen LogP contribution in [0.25, 0.3) is 0 Å². The summed E-state index contributed by atoms with van der Waals surface area (Å²) < 4.78 is 25.4. The van der Waals surface area contributed by atoms with Crippen LogP contribution in [0, 0.1) is 0 Å². The van der Waals surface area contributed by atoms with Gasteiger partial charge >= 0.3 is 7.12 Å². The van der Waals surface area contributed by atoms with E-state index in [1.165, 1.54) is 0 Å². The van der Waals surface area contributed by atoms with Crippen LogP contribution in [0.2, 0.25) is 0 Å². The van der Waals surface area contributed by atoms with Crippen molar-refractivity contribution in [1.82, 2.24) is 9.78 Å². The van der Waals surface area contributed by atoms with Crippen LogP contribution in [0.4, 0.5) is 0 Å². The lowest BCUT2D eigenvalue weighted by Gasteiger charge is -2.32. The number of nitrogens with zero attached hydrogens (tertiary/aromatic N) is 2. The molecule has 2 saturated heterocycles. The molecule has 1 aromatic rings. The van der Waals surface area contributed by atoms with Crippen LogP contribution in [-0.2, 0) is 25.3 Å². The van der Waals surface area contributed by atoms with Crippen molar-refractivity contribution in [2.45, 2.75) is 77.6 Å². The fraction of sp³-hybridized carbons (Fsp3) is 0.812. The van der Waals surface area contributed by atoms with E-state index >= 15 is 0 Å².